The number of rotatable bonds is 5. The molecule has 26 heavy (non-hydrogen) atoms. The quantitative estimate of drug-likeness (QED) is 0.517. The Hall–Kier alpha value is -3.48. The standard InChI is InChI=1S/C19H18N4O3/c1-14(2)22(16-6-4-3-5-7-16)19(24)18-12-13-21(20-18)15-8-10-17(11-9-15)23(25)26/h3-14H,1-2H3. The Balaban J connectivity index is 1.88. The smallest absolute Gasteiger partial charge is 0.279 e. The molecule has 3 aromatic rings. The third kappa shape index (κ3) is 3.46. The fourth-order valence-corrected chi connectivity index (χ4v) is 2.67. The Morgan fingerprint density at radius 1 is 1.08 bits per heavy atom. The van der Waals surface area contributed by atoms with Crippen molar-refractivity contribution in [2.75, 3.05) is 4.90 Å². The highest BCUT2D eigenvalue weighted by atomic mass is 16.6. The number of carbonyl (C=O) groups excluding carboxylic acids is 1. The summed E-state index contributed by atoms with van der Waals surface area (Å²) < 4.78 is 1.53. The maximum absolute atomic E-state index is 12.9. The van der Waals surface area contributed by atoms with Crippen LogP contribution in [0, 0.1) is 10.1 Å². The maximum Gasteiger partial charge on any atom is 0.279 e. The molecule has 0 unspecified atom stereocenters. The summed E-state index contributed by atoms with van der Waals surface area (Å²) in [7, 11) is 0. The summed E-state index contributed by atoms with van der Waals surface area (Å²) >= 11 is 0. The van der Waals surface area contributed by atoms with E-state index in [9.17, 15) is 14.9 Å². The fourth-order valence-electron chi connectivity index (χ4n) is 2.67. The summed E-state index contributed by atoms with van der Waals surface area (Å²) in [4.78, 5) is 24.9. The topological polar surface area (TPSA) is 81.3 Å². The van der Waals surface area contributed by atoms with Crippen LogP contribution in [0.25, 0.3) is 5.69 Å². The molecule has 2 aromatic carbocycles. The van der Waals surface area contributed by atoms with Gasteiger partial charge in [0.25, 0.3) is 11.6 Å². The van der Waals surface area contributed by atoms with Gasteiger partial charge in [-0.15, -0.1) is 0 Å². The van der Waals surface area contributed by atoms with Gasteiger partial charge in [-0.3, -0.25) is 14.9 Å². The molecule has 132 valence electrons. The zero-order valence-corrected chi connectivity index (χ0v) is 14.4. The van der Waals surface area contributed by atoms with Crippen LogP contribution >= 0.6 is 0 Å². The van der Waals surface area contributed by atoms with Crippen molar-refractivity contribution >= 4 is 17.3 Å². The molecule has 7 heteroatoms. The van der Waals surface area contributed by atoms with Gasteiger partial charge in [0.1, 0.15) is 0 Å². The summed E-state index contributed by atoms with van der Waals surface area (Å²) in [6.07, 6.45) is 1.66. The van der Waals surface area contributed by atoms with E-state index in [-0.39, 0.29) is 17.6 Å². The van der Waals surface area contributed by atoms with Crippen LogP contribution in [0.2, 0.25) is 0 Å². The zero-order chi connectivity index (χ0) is 18.7. The molecule has 7 nitrogen and oxygen atoms in total. The number of non-ortho nitro benzene ring substituents is 1. The van der Waals surface area contributed by atoms with E-state index in [2.05, 4.69) is 5.10 Å². The first-order valence-electron chi connectivity index (χ1n) is 8.16. The van der Waals surface area contributed by atoms with Gasteiger partial charge in [-0.2, -0.15) is 5.10 Å². The Kier molecular flexibility index (Phi) is 4.79. The monoisotopic (exact) mass is 350 g/mol. The molecule has 0 aliphatic heterocycles. The lowest BCUT2D eigenvalue weighted by molar-refractivity contribution is -0.384. The summed E-state index contributed by atoms with van der Waals surface area (Å²) in [6, 6.07) is 17.0. The molecule has 0 saturated carbocycles. The number of hydrogen-bond acceptors (Lipinski definition) is 4. The Labute approximate surface area is 150 Å². The van der Waals surface area contributed by atoms with Gasteiger partial charge in [-0.05, 0) is 44.2 Å². The largest absolute Gasteiger partial charge is 0.304 e. The number of nitrogens with zero attached hydrogens (tertiary/aromatic N) is 4. The molecule has 3 rings (SSSR count). The van der Waals surface area contributed by atoms with Crippen molar-refractivity contribution in [3.8, 4) is 5.69 Å². The van der Waals surface area contributed by atoms with Crippen LogP contribution in [0.4, 0.5) is 11.4 Å². The van der Waals surface area contributed by atoms with Gasteiger partial charge in [0.2, 0.25) is 0 Å². The van der Waals surface area contributed by atoms with Crippen LogP contribution in [0.1, 0.15) is 24.3 Å². The lowest BCUT2D eigenvalue weighted by atomic mass is 10.2. The van der Waals surface area contributed by atoms with E-state index < -0.39 is 4.92 Å². The number of para-hydroxylation sites is 1. The molecule has 1 amide bonds. The van der Waals surface area contributed by atoms with Crippen molar-refractivity contribution in [1.82, 2.24) is 9.78 Å². The zero-order valence-electron chi connectivity index (χ0n) is 14.4. The molecule has 0 fully saturated rings. The molecular formula is C19H18N4O3. The first-order chi connectivity index (χ1) is 12.5. The molecule has 0 aliphatic rings. The number of anilines is 1. The van der Waals surface area contributed by atoms with Crippen molar-refractivity contribution in [1.29, 1.82) is 0 Å². The minimum Gasteiger partial charge on any atom is -0.304 e. The van der Waals surface area contributed by atoms with Crippen LogP contribution < -0.4 is 4.90 Å². The first kappa shape index (κ1) is 17.3. The van der Waals surface area contributed by atoms with Gasteiger partial charge in [0.05, 0.1) is 10.6 Å². The van der Waals surface area contributed by atoms with Crippen molar-refractivity contribution < 1.29 is 9.72 Å². The number of amides is 1. The molecule has 0 saturated heterocycles. The van der Waals surface area contributed by atoms with Gasteiger partial charge >= 0.3 is 0 Å². The number of benzene rings is 2. The number of carbonyl (C=O) groups is 1. The van der Waals surface area contributed by atoms with E-state index in [0.717, 1.165) is 5.69 Å². The normalized spacial score (nSPS) is 10.7. The summed E-state index contributed by atoms with van der Waals surface area (Å²) in [5, 5.41) is 15.1. The van der Waals surface area contributed by atoms with E-state index in [1.165, 1.54) is 16.8 Å². The second-order valence-electron chi connectivity index (χ2n) is 6.02. The highest BCUT2D eigenvalue weighted by Crippen LogP contribution is 2.20. The SMILES string of the molecule is CC(C)N(C(=O)c1ccn(-c2ccc([N+](=O)[O-])cc2)n1)c1ccccc1. The van der Waals surface area contributed by atoms with E-state index in [4.69, 9.17) is 0 Å². The molecule has 1 heterocycles. The van der Waals surface area contributed by atoms with Crippen molar-refractivity contribution in [3.05, 3.63) is 82.7 Å². The second-order valence-corrected chi connectivity index (χ2v) is 6.02. The van der Waals surface area contributed by atoms with Crippen LogP contribution in [0.15, 0.2) is 66.9 Å². The van der Waals surface area contributed by atoms with Crippen molar-refractivity contribution in [2.45, 2.75) is 19.9 Å². The lowest BCUT2D eigenvalue weighted by Crippen LogP contribution is -2.37. The van der Waals surface area contributed by atoms with Gasteiger partial charge in [0, 0.05) is 30.1 Å². The van der Waals surface area contributed by atoms with E-state index >= 15 is 0 Å². The molecule has 0 radical (unpaired) electrons. The Morgan fingerprint density at radius 2 is 1.73 bits per heavy atom. The highest BCUT2D eigenvalue weighted by molar-refractivity contribution is 6.05. The van der Waals surface area contributed by atoms with Gasteiger partial charge < -0.3 is 4.90 Å². The predicted octanol–water partition coefficient (Wildman–Crippen LogP) is 3.84. The van der Waals surface area contributed by atoms with Crippen LogP contribution in [0.3, 0.4) is 0 Å². The minimum absolute atomic E-state index is 0.00673. The fraction of sp³-hybridized carbons (Fsp3) is 0.158. The maximum atomic E-state index is 12.9. The van der Waals surface area contributed by atoms with Crippen molar-refractivity contribution in [3.63, 3.8) is 0 Å². The lowest BCUT2D eigenvalue weighted by Gasteiger charge is -2.26. The summed E-state index contributed by atoms with van der Waals surface area (Å²) in [6.45, 7) is 3.89. The average molecular weight is 350 g/mol. The molecule has 0 aliphatic carbocycles. The number of nitro groups is 1. The molecule has 0 N–H and O–H groups in total. The van der Waals surface area contributed by atoms with Crippen LogP contribution in [0.5, 0.6) is 0 Å². The average Bonchev–Trinajstić information content (AvgIpc) is 3.12. The number of hydrogen-bond donors (Lipinski definition) is 0. The van der Waals surface area contributed by atoms with Gasteiger partial charge in [0.15, 0.2) is 5.69 Å². The van der Waals surface area contributed by atoms with Crippen LogP contribution in [-0.2, 0) is 0 Å². The molecular weight excluding hydrogens is 332 g/mol. The Morgan fingerprint density at radius 3 is 2.31 bits per heavy atom. The predicted molar refractivity (Wildman–Crippen MR) is 98.6 cm³/mol. The minimum atomic E-state index is -0.456. The van der Waals surface area contributed by atoms with E-state index in [1.54, 1.807) is 29.3 Å². The summed E-state index contributed by atoms with van der Waals surface area (Å²) in [5.74, 6) is -0.202. The van der Waals surface area contributed by atoms with Crippen LogP contribution in [-0.4, -0.2) is 26.7 Å². The summed E-state index contributed by atoms with van der Waals surface area (Å²) in [5.41, 5.74) is 1.76. The third-order valence-corrected chi connectivity index (χ3v) is 3.90. The third-order valence-electron chi connectivity index (χ3n) is 3.90. The van der Waals surface area contributed by atoms with E-state index in [0.29, 0.717) is 11.4 Å². The molecule has 0 spiro atoms. The van der Waals surface area contributed by atoms with Gasteiger partial charge in [-0.25, -0.2) is 4.68 Å². The van der Waals surface area contributed by atoms with Gasteiger partial charge in [-0.1, -0.05) is 18.2 Å². The second kappa shape index (κ2) is 7.18. The first-order valence-corrected chi connectivity index (χ1v) is 8.16. The highest BCUT2D eigenvalue weighted by Gasteiger charge is 2.22. The number of aromatic nitrogens is 2. The van der Waals surface area contributed by atoms with Crippen molar-refractivity contribution in [2.24, 2.45) is 0 Å². The van der Waals surface area contributed by atoms with E-state index in [1.807, 2.05) is 44.2 Å². The molecule has 0 atom stereocenters. The molecule has 1 aromatic heterocycles. The Bertz CT molecular complexity index is 917. The molecule has 0 bridgehead atoms. The number of nitro benzene ring substituents is 1.